The monoisotopic (exact) mass is 318 g/mol. The van der Waals surface area contributed by atoms with E-state index in [2.05, 4.69) is 5.32 Å². The minimum absolute atomic E-state index is 0. The first-order chi connectivity index (χ1) is 9.05. The lowest BCUT2D eigenvalue weighted by Crippen LogP contribution is -2.54. The van der Waals surface area contributed by atoms with Crippen LogP contribution in [-0.4, -0.2) is 24.6 Å². The highest BCUT2D eigenvalue weighted by molar-refractivity contribution is 6.32. The Labute approximate surface area is 130 Å². The molecule has 1 aromatic rings. The van der Waals surface area contributed by atoms with Crippen molar-refractivity contribution in [1.29, 1.82) is 0 Å². The van der Waals surface area contributed by atoms with Gasteiger partial charge in [0.15, 0.2) is 6.61 Å². The molecular weight excluding hydrogens is 299 g/mol. The zero-order valence-electron chi connectivity index (χ0n) is 11.4. The Morgan fingerprint density at radius 1 is 1.50 bits per heavy atom. The van der Waals surface area contributed by atoms with Crippen molar-refractivity contribution in [1.82, 2.24) is 5.32 Å². The van der Waals surface area contributed by atoms with E-state index in [0.29, 0.717) is 23.2 Å². The molecular formula is C14H20Cl2N2O2. The Kier molecular flexibility index (Phi) is 6.11. The Morgan fingerprint density at radius 2 is 2.15 bits per heavy atom. The summed E-state index contributed by atoms with van der Waals surface area (Å²) < 4.78 is 5.40. The summed E-state index contributed by atoms with van der Waals surface area (Å²) in [6, 6.07) is 7.09. The van der Waals surface area contributed by atoms with E-state index < -0.39 is 0 Å². The molecule has 1 aliphatic carbocycles. The molecule has 3 N–H and O–H groups in total. The van der Waals surface area contributed by atoms with Crippen LogP contribution in [0.1, 0.15) is 19.8 Å². The molecule has 2 rings (SSSR count). The number of benzene rings is 1. The molecule has 1 unspecified atom stereocenters. The Hall–Kier alpha value is -0.970. The SMILES string of the molecule is CC(CN)(NC(=O)COc1ccccc1Cl)C1CC1.Cl. The summed E-state index contributed by atoms with van der Waals surface area (Å²) in [5.74, 6) is 0.835. The number of hydrogen-bond donors (Lipinski definition) is 2. The quantitative estimate of drug-likeness (QED) is 0.846. The molecule has 1 saturated carbocycles. The fourth-order valence-corrected chi connectivity index (χ4v) is 2.29. The molecule has 0 aromatic heterocycles. The molecule has 0 aliphatic heterocycles. The highest BCUT2D eigenvalue weighted by Crippen LogP contribution is 2.38. The third-order valence-corrected chi connectivity index (χ3v) is 3.84. The van der Waals surface area contributed by atoms with E-state index in [0.717, 1.165) is 12.8 Å². The number of nitrogens with two attached hydrogens (primary N) is 1. The Bertz CT molecular complexity index is 466. The van der Waals surface area contributed by atoms with Crippen LogP contribution in [0.2, 0.25) is 5.02 Å². The summed E-state index contributed by atoms with van der Waals surface area (Å²) in [6.45, 7) is 2.37. The topological polar surface area (TPSA) is 64.3 Å². The number of para-hydroxylation sites is 1. The summed E-state index contributed by atoms with van der Waals surface area (Å²) in [7, 11) is 0. The van der Waals surface area contributed by atoms with Crippen molar-refractivity contribution in [2.45, 2.75) is 25.3 Å². The first-order valence-electron chi connectivity index (χ1n) is 6.43. The van der Waals surface area contributed by atoms with Crippen LogP contribution in [0, 0.1) is 5.92 Å². The standard InChI is InChI=1S/C14H19ClN2O2.ClH/c1-14(9-16,10-6-7-10)17-13(18)8-19-12-5-3-2-4-11(12)15;/h2-5,10H,6-9,16H2,1H3,(H,17,18);1H. The van der Waals surface area contributed by atoms with Crippen LogP contribution in [0.4, 0.5) is 0 Å². The highest BCUT2D eigenvalue weighted by atomic mass is 35.5. The number of halogens is 2. The van der Waals surface area contributed by atoms with Crippen molar-refractivity contribution in [3.63, 3.8) is 0 Å². The van der Waals surface area contributed by atoms with Crippen molar-refractivity contribution in [3.8, 4) is 5.75 Å². The molecule has 1 amide bonds. The molecule has 4 nitrogen and oxygen atoms in total. The maximum Gasteiger partial charge on any atom is 0.258 e. The molecule has 0 spiro atoms. The molecule has 6 heteroatoms. The predicted molar refractivity (Wildman–Crippen MR) is 82.5 cm³/mol. The van der Waals surface area contributed by atoms with Gasteiger partial charge in [0.1, 0.15) is 5.75 Å². The third kappa shape index (κ3) is 4.27. The van der Waals surface area contributed by atoms with Gasteiger partial charge < -0.3 is 15.8 Å². The first-order valence-corrected chi connectivity index (χ1v) is 6.81. The minimum Gasteiger partial charge on any atom is -0.482 e. The van der Waals surface area contributed by atoms with Crippen LogP contribution in [0.25, 0.3) is 0 Å². The fourth-order valence-electron chi connectivity index (χ4n) is 2.10. The average Bonchev–Trinajstić information content (AvgIpc) is 3.22. The molecule has 1 atom stereocenters. The maximum atomic E-state index is 11.9. The lowest BCUT2D eigenvalue weighted by atomic mass is 9.96. The van der Waals surface area contributed by atoms with Crippen LogP contribution in [0.5, 0.6) is 5.75 Å². The zero-order chi connectivity index (χ0) is 13.9. The number of rotatable bonds is 6. The van der Waals surface area contributed by atoms with Crippen LogP contribution in [0.3, 0.4) is 0 Å². The number of nitrogens with one attached hydrogen (secondary N) is 1. The van der Waals surface area contributed by atoms with E-state index in [-0.39, 0.29) is 30.5 Å². The van der Waals surface area contributed by atoms with Gasteiger partial charge in [-0.25, -0.2) is 0 Å². The van der Waals surface area contributed by atoms with Gasteiger partial charge in [-0.05, 0) is 37.8 Å². The van der Waals surface area contributed by atoms with Gasteiger partial charge in [0.2, 0.25) is 0 Å². The third-order valence-electron chi connectivity index (χ3n) is 3.52. The lowest BCUT2D eigenvalue weighted by molar-refractivity contribution is -0.125. The highest BCUT2D eigenvalue weighted by Gasteiger charge is 2.41. The summed E-state index contributed by atoms with van der Waals surface area (Å²) >= 11 is 5.95. The predicted octanol–water partition coefficient (Wildman–Crippen LogP) is 2.38. The van der Waals surface area contributed by atoms with Gasteiger partial charge in [-0.3, -0.25) is 4.79 Å². The molecule has 112 valence electrons. The number of ether oxygens (including phenoxy) is 1. The Balaban J connectivity index is 0.00000200. The van der Waals surface area contributed by atoms with Crippen molar-refractivity contribution in [3.05, 3.63) is 29.3 Å². The molecule has 1 fully saturated rings. The summed E-state index contributed by atoms with van der Waals surface area (Å²) in [5.41, 5.74) is 5.43. The van der Waals surface area contributed by atoms with Gasteiger partial charge in [0.25, 0.3) is 5.91 Å². The van der Waals surface area contributed by atoms with Crippen LogP contribution in [0.15, 0.2) is 24.3 Å². The van der Waals surface area contributed by atoms with Crippen molar-refractivity contribution >= 4 is 29.9 Å². The van der Waals surface area contributed by atoms with Gasteiger partial charge in [-0.1, -0.05) is 23.7 Å². The van der Waals surface area contributed by atoms with Gasteiger partial charge in [-0.2, -0.15) is 0 Å². The molecule has 0 saturated heterocycles. The van der Waals surface area contributed by atoms with Gasteiger partial charge in [-0.15, -0.1) is 12.4 Å². The van der Waals surface area contributed by atoms with E-state index in [4.69, 9.17) is 22.1 Å². The zero-order valence-corrected chi connectivity index (χ0v) is 13.0. The second-order valence-electron chi connectivity index (χ2n) is 5.16. The maximum absolute atomic E-state index is 11.9. The largest absolute Gasteiger partial charge is 0.482 e. The van der Waals surface area contributed by atoms with E-state index in [1.54, 1.807) is 12.1 Å². The van der Waals surface area contributed by atoms with Gasteiger partial charge in [0.05, 0.1) is 10.6 Å². The summed E-state index contributed by atoms with van der Waals surface area (Å²) in [4.78, 5) is 11.9. The molecule has 1 aromatic carbocycles. The first kappa shape index (κ1) is 17.1. The average molecular weight is 319 g/mol. The second kappa shape index (κ2) is 7.16. The van der Waals surface area contributed by atoms with Gasteiger partial charge in [0, 0.05) is 6.54 Å². The lowest BCUT2D eigenvalue weighted by Gasteiger charge is -2.29. The number of carbonyl (C=O) groups excluding carboxylic acids is 1. The van der Waals surface area contributed by atoms with Crippen molar-refractivity contribution < 1.29 is 9.53 Å². The number of amides is 1. The van der Waals surface area contributed by atoms with Crippen LogP contribution >= 0.6 is 24.0 Å². The smallest absolute Gasteiger partial charge is 0.258 e. The molecule has 0 bridgehead atoms. The normalized spacial score (nSPS) is 16.8. The van der Waals surface area contributed by atoms with Crippen LogP contribution < -0.4 is 15.8 Å². The van der Waals surface area contributed by atoms with Crippen molar-refractivity contribution in [2.24, 2.45) is 11.7 Å². The minimum atomic E-state index is -0.319. The number of carbonyl (C=O) groups is 1. The summed E-state index contributed by atoms with van der Waals surface area (Å²) in [6.07, 6.45) is 2.25. The van der Waals surface area contributed by atoms with E-state index in [1.165, 1.54) is 0 Å². The van der Waals surface area contributed by atoms with Gasteiger partial charge >= 0.3 is 0 Å². The van der Waals surface area contributed by atoms with Crippen molar-refractivity contribution in [2.75, 3.05) is 13.2 Å². The molecule has 1 aliphatic rings. The molecule has 0 radical (unpaired) electrons. The van der Waals surface area contributed by atoms with E-state index in [9.17, 15) is 4.79 Å². The Morgan fingerprint density at radius 3 is 2.70 bits per heavy atom. The summed E-state index contributed by atoms with van der Waals surface area (Å²) in [5, 5.41) is 3.46. The number of hydrogen-bond acceptors (Lipinski definition) is 3. The van der Waals surface area contributed by atoms with E-state index >= 15 is 0 Å². The fraction of sp³-hybridized carbons (Fsp3) is 0.500. The van der Waals surface area contributed by atoms with Crippen LogP contribution in [-0.2, 0) is 4.79 Å². The molecule has 20 heavy (non-hydrogen) atoms. The van der Waals surface area contributed by atoms with E-state index in [1.807, 2.05) is 19.1 Å². The molecule has 0 heterocycles. The second-order valence-corrected chi connectivity index (χ2v) is 5.57.